The van der Waals surface area contributed by atoms with Crippen LogP contribution in [0.1, 0.15) is 17.6 Å². The van der Waals surface area contributed by atoms with Gasteiger partial charge in [-0.05, 0) is 15.9 Å². The fourth-order valence-electron chi connectivity index (χ4n) is 0.875. The average Bonchev–Trinajstić information content (AvgIpc) is 2.08. The third kappa shape index (κ3) is 2.15. The minimum atomic E-state index is -2.71. The van der Waals surface area contributed by atoms with E-state index in [4.69, 9.17) is 16.7 Å². The van der Waals surface area contributed by atoms with E-state index in [1.54, 1.807) is 0 Å². The normalized spacial score (nSPS) is 10.9. The molecule has 72 valence electrons. The van der Waals surface area contributed by atoms with Gasteiger partial charge in [0.25, 0.3) is 6.43 Å². The van der Waals surface area contributed by atoms with Crippen molar-refractivity contribution in [2.24, 2.45) is 0 Å². The second-order valence-corrected chi connectivity index (χ2v) is 3.39. The van der Waals surface area contributed by atoms with Gasteiger partial charge in [0.2, 0.25) is 0 Å². The molecule has 0 spiro atoms. The Balaban J connectivity index is 3.32. The Morgan fingerprint density at radius 2 is 2.23 bits per heavy atom. The number of aliphatic hydroxyl groups excluding tert-OH is 1. The lowest BCUT2D eigenvalue weighted by atomic mass is 10.1. The number of pyridine rings is 1. The van der Waals surface area contributed by atoms with E-state index in [9.17, 15) is 8.78 Å². The van der Waals surface area contributed by atoms with E-state index in [0.29, 0.717) is 0 Å². The van der Waals surface area contributed by atoms with Crippen molar-refractivity contribution < 1.29 is 13.9 Å². The summed E-state index contributed by atoms with van der Waals surface area (Å²) >= 11 is 8.49. The first-order chi connectivity index (χ1) is 6.07. The van der Waals surface area contributed by atoms with Crippen LogP contribution >= 0.6 is 27.5 Å². The highest BCUT2D eigenvalue weighted by molar-refractivity contribution is 9.10. The van der Waals surface area contributed by atoms with Gasteiger partial charge >= 0.3 is 0 Å². The van der Waals surface area contributed by atoms with E-state index in [1.165, 1.54) is 0 Å². The van der Waals surface area contributed by atoms with Crippen LogP contribution in [-0.4, -0.2) is 10.1 Å². The van der Waals surface area contributed by atoms with Crippen molar-refractivity contribution >= 4 is 27.5 Å². The molecule has 0 saturated carbocycles. The molecule has 1 heterocycles. The van der Waals surface area contributed by atoms with Crippen LogP contribution in [0.5, 0.6) is 0 Å². The number of halogens is 4. The predicted molar refractivity (Wildman–Crippen MR) is 47.8 cm³/mol. The van der Waals surface area contributed by atoms with E-state index in [2.05, 4.69) is 20.9 Å². The first-order valence-corrected chi connectivity index (χ1v) is 4.46. The molecule has 2 nitrogen and oxygen atoms in total. The number of nitrogens with zero attached hydrogens (tertiary/aromatic N) is 1. The van der Waals surface area contributed by atoms with Crippen molar-refractivity contribution in [1.29, 1.82) is 0 Å². The summed E-state index contributed by atoms with van der Waals surface area (Å²) in [5.41, 5.74) is -0.325. The maximum absolute atomic E-state index is 12.4. The largest absolute Gasteiger partial charge is 0.392 e. The molecule has 6 heteroatoms. The number of aromatic nitrogens is 1. The van der Waals surface area contributed by atoms with Gasteiger partial charge in [-0.3, -0.25) is 0 Å². The number of hydrogen-bond acceptors (Lipinski definition) is 2. The minimum Gasteiger partial charge on any atom is -0.392 e. The van der Waals surface area contributed by atoms with Crippen molar-refractivity contribution in [2.75, 3.05) is 0 Å². The fraction of sp³-hybridized carbons (Fsp3) is 0.286. The quantitative estimate of drug-likeness (QED) is 0.840. The molecule has 1 N–H and O–H groups in total. The van der Waals surface area contributed by atoms with Crippen LogP contribution in [0.2, 0.25) is 5.02 Å². The lowest BCUT2D eigenvalue weighted by Crippen LogP contribution is -1.98. The van der Waals surface area contributed by atoms with Crippen LogP contribution < -0.4 is 0 Å². The van der Waals surface area contributed by atoms with Gasteiger partial charge in [-0.1, -0.05) is 11.6 Å². The summed E-state index contributed by atoms with van der Waals surface area (Å²) in [6, 6.07) is 0. The monoisotopic (exact) mass is 271 g/mol. The Kier molecular flexibility index (Phi) is 3.58. The number of aliphatic hydroxyl groups is 1. The van der Waals surface area contributed by atoms with Crippen molar-refractivity contribution in [2.45, 2.75) is 13.0 Å². The zero-order valence-electron chi connectivity index (χ0n) is 6.27. The highest BCUT2D eigenvalue weighted by Crippen LogP contribution is 2.33. The maximum atomic E-state index is 12.4. The van der Waals surface area contributed by atoms with Gasteiger partial charge in [-0.25, -0.2) is 13.8 Å². The molecule has 0 amide bonds. The van der Waals surface area contributed by atoms with E-state index < -0.39 is 13.0 Å². The fourth-order valence-corrected chi connectivity index (χ4v) is 1.44. The van der Waals surface area contributed by atoms with Gasteiger partial charge in [-0.15, -0.1) is 0 Å². The van der Waals surface area contributed by atoms with Gasteiger partial charge in [0, 0.05) is 17.3 Å². The number of rotatable bonds is 2. The van der Waals surface area contributed by atoms with Crippen LogP contribution in [0.15, 0.2) is 10.8 Å². The molecular weight excluding hydrogens is 267 g/mol. The standard InChI is InChI=1S/C7H5BrClF2NO/c8-6-5(9)4(7(10)11)3(2-13)1-12-6/h1,7,13H,2H2. The molecule has 0 saturated heterocycles. The lowest BCUT2D eigenvalue weighted by Gasteiger charge is -2.08. The van der Waals surface area contributed by atoms with Gasteiger partial charge in [-0.2, -0.15) is 0 Å². The Hall–Kier alpha value is -0.260. The molecule has 0 unspecified atom stereocenters. The second-order valence-electron chi connectivity index (χ2n) is 2.26. The maximum Gasteiger partial charge on any atom is 0.265 e. The smallest absolute Gasteiger partial charge is 0.265 e. The van der Waals surface area contributed by atoms with Crippen LogP contribution in [0.3, 0.4) is 0 Å². The summed E-state index contributed by atoms with van der Waals surface area (Å²) in [6.45, 7) is -0.500. The summed E-state index contributed by atoms with van der Waals surface area (Å²) in [7, 11) is 0. The average molecular weight is 272 g/mol. The molecule has 1 aromatic heterocycles. The van der Waals surface area contributed by atoms with Crippen molar-refractivity contribution in [3.63, 3.8) is 0 Å². The second kappa shape index (κ2) is 4.30. The summed E-state index contributed by atoms with van der Waals surface area (Å²) in [4.78, 5) is 3.68. The third-order valence-corrected chi connectivity index (χ3v) is 2.70. The van der Waals surface area contributed by atoms with E-state index >= 15 is 0 Å². The summed E-state index contributed by atoms with van der Waals surface area (Å²) in [5, 5.41) is 8.58. The Labute approximate surface area is 86.7 Å². The molecule has 0 aliphatic carbocycles. The molecular formula is C7H5BrClF2NO. The molecule has 0 radical (unpaired) electrons. The van der Waals surface area contributed by atoms with Gasteiger partial charge in [0.1, 0.15) is 4.60 Å². The zero-order valence-corrected chi connectivity index (χ0v) is 8.61. The molecule has 0 atom stereocenters. The van der Waals surface area contributed by atoms with Crippen LogP contribution in [-0.2, 0) is 6.61 Å². The first kappa shape index (κ1) is 10.8. The minimum absolute atomic E-state index is 0.0446. The highest BCUT2D eigenvalue weighted by atomic mass is 79.9. The molecule has 0 aromatic carbocycles. The van der Waals surface area contributed by atoms with Gasteiger partial charge in [0.15, 0.2) is 0 Å². The molecule has 13 heavy (non-hydrogen) atoms. The predicted octanol–water partition coefficient (Wildman–Crippen LogP) is 2.93. The Morgan fingerprint density at radius 3 is 2.69 bits per heavy atom. The third-order valence-electron chi connectivity index (χ3n) is 1.49. The highest BCUT2D eigenvalue weighted by Gasteiger charge is 2.19. The van der Waals surface area contributed by atoms with Crippen molar-refractivity contribution in [3.05, 3.63) is 26.9 Å². The lowest BCUT2D eigenvalue weighted by molar-refractivity contribution is 0.147. The van der Waals surface area contributed by atoms with E-state index in [0.717, 1.165) is 6.20 Å². The summed E-state index contributed by atoms with van der Waals surface area (Å²) < 4.78 is 25.0. The van der Waals surface area contributed by atoms with Crippen molar-refractivity contribution in [3.8, 4) is 0 Å². The number of alkyl halides is 2. The van der Waals surface area contributed by atoms with Crippen LogP contribution in [0, 0.1) is 0 Å². The first-order valence-electron chi connectivity index (χ1n) is 3.29. The Morgan fingerprint density at radius 1 is 1.62 bits per heavy atom. The summed E-state index contributed by atoms with van der Waals surface area (Å²) in [6.07, 6.45) is -1.55. The van der Waals surface area contributed by atoms with Gasteiger partial charge < -0.3 is 5.11 Å². The van der Waals surface area contributed by atoms with Crippen LogP contribution in [0.4, 0.5) is 8.78 Å². The molecule has 0 bridgehead atoms. The number of hydrogen-bond donors (Lipinski definition) is 1. The zero-order chi connectivity index (χ0) is 10.0. The van der Waals surface area contributed by atoms with E-state index in [1.807, 2.05) is 0 Å². The van der Waals surface area contributed by atoms with E-state index in [-0.39, 0.29) is 20.8 Å². The molecule has 1 aromatic rings. The topological polar surface area (TPSA) is 33.1 Å². The molecule has 0 aliphatic heterocycles. The van der Waals surface area contributed by atoms with Gasteiger partial charge in [0.05, 0.1) is 11.6 Å². The Bertz CT molecular complexity index is 322. The molecule has 0 aliphatic rings. The van der Waals surface area contributed by atoms with Crippen LogP contribution in [0.25, 0.3) is 0 Å². The summed E-state index contributed by atoms with van der Waals surface area (Å²) in [5.74, 6) is 0. The molecule has 1 rings (SSSR count). The SMILES string of the molecule is OCc1cnc(Br)c(Cl)c1C(F)F. The molecule has 0 fully saturated rings. The van der Waals surface area contributed by atoms with Crippen molar-refractivity contribution in [1.82, 2.24) is 4.98 Å².